The van der Waals surface area contributed by atoms with Crippen LogP contribution in [0, 0.1) is 6.92 Å². The lowest BCUT2D eigenvalue weighted by Gasteiger charge is -2.24. The number of Topliss-reactive ketones (excluding diaryl/α,β-unsaturated/α-hetero) is 1. The quantitative estimate of drug-likeness (QED) is 0.765. The third kappa shape index (κ3) is 2.90. The lowest BCUT2D eigenvalue weighted by molar-refractivity contribution is 0.0884. The van der Waals surface area contributed by atoms with Gasteiger partial charge >= 0.3 is 0 Å². The zero-order chi connectivity index (χ0) is 11.5. The van der Waals surface area contributed by atoms with Crippen molar-refractivity contribution >= 4 is 5.78 Å². The van der Waals surface area contributed by atoms with Gasteiger partial charge < -0.3 is 5.32 Å². The first-order valence-electron chi connectivity index (χ1n) is 5.34. The Balaban J connectivity index is 2.89. The Morgan fingerprint density at radius 2 is 1.80 bits per heavy atom. The summed E-state index contributed by atoms with van der Waals surface area (Å²) in [6, 6.07) is 7.71. The molecule has 1 aromatic carbocycles. The van der Waals surface area contributed by atoms with Crippen LogP contribution in [0.1, 0.15) is 36.7 Å². The molecule has 82 valence electrons. The lowest BCUT2D eigenvalue weighted by Crippen LogP contribution is -2.46. The lowest BCUT2D eigenvalue weighted by atomic mass is 9.93. The number of hydrogen-bond donors (Lipinski definition) is 1. The molecule has 0 saturated heterocycles. The number of nitrogens with one attached hydrogen (secondary N) is 1. The van der Waals surface area contributed by atoms with E-state index in [1.54, 1.807) is 0 Å². The topological polar surface area (TPSA) is 29.1 Å². The minimum absolute atomic E-state index is 0.143. The van der Waals surface area contributed by atoms with Crippen molar-refractivity contribution in [2.45, 2.75) is 33.2 Å². The minimum atomic E-state index is -0.482. The van der Waals surface area contributed by atoms with E-state index >= 15 is 0 Å². The van der Waals surface area contributed by atoms with Gasteiger partial charge in [-0.25, -0.2) is 0 Å². The van der Waals surface area contributed by atoms with Crippen molar-refractivity contribution in [2.24, 2.45) is 0 Å². The van der Waals surface area contributed by atoms with E-state index in [1.807, 2.05) is 52.0 Å². The van der Waals surface area contributed by atoms with Crippen LogP contribution in [0.4, 0.5) is 0 Å². The second-order valence-corrected chi connectivity index (χ2v) is 4.35. The second kappa shape index (κ2) is 4.58. The molecule has 0 aromatic heterocycles. The molecule has 0 atom stereocenters. The zero-order valence-corrected chi connectivity index (χ0v) is 9.92. The average Bonchev–Trinajstić information content (AvgIpc) is 2.18. The molecule has 0 heterocycles. The third-order valence-electron chi connectivity index (χ3n) is 2.50. The normalized spacial score (nSPS) is 11.5. The molecule has 0 radical (unpaired) electrons. The van der Waals surface area contributed by atoms with E-state index in [0.717, 1.165) is 12.1 Å². The van der Waals surface area contributed by atoms with Crippen molar-refractivity contribution in [2.75, 3.05) is 6.54 Å². The fourth-order valence-corrected chi connectivity index (χ4v) is 1.59. The summed E-state index contributed by atoms with van der Waals surface area (Å²) in [6.45, 7) is 8.65. The first-order valence-corrected chi connectivity index (χ1v) is 5.34. The number of rotatable bonds is 4. The maximum atomic E-state index is 12.1. The molecular formula is C13H19NO. The Morgan fingerprint density at radius 3 is 2.27 bits per heavy atom. The van der Waals surface area contributed by atoms with E-state index in [1.165, 1.54) is 5.56 Å². The van der Waals surface area contributed by atoms with Gasteiger partial charge in [-0.1, -0.05) is 36.8 Å². The first-order chi connectivity index (χ1) is 6.97. The number of likely N-dealkylation sites (N-methyl/N-ethyl adjacent to an activating group) is 1. The van der Waals surface area contributed by atoms with Crippen LogP contribution in [0.2, 0.25) is 0 Å². The maximum Gasteiger partial charge on any atom is 0.182 e. The van der Waals surface area contributed by atoms with Gasteiger partial charge in [-0.3, -0.25) is 4.79 Å². The van der Waals surface area contributed by atoms with Crippen molar-refractivity contribution in [3.63, 3.8) is 0 Å². The van der Waals surface area contributed by atoms with Crippen LogP contribution < -0.4 is 5.32 Å². The fourth-order valence-electron chi connectivity index (χ4n) is 1.59. The van der Waals surface area contributed by atoms with Gasteiger partial charge in [-0.2, -0.15) is 0 Å². The highest BCUT2D eigenvalue weighted by molar-refractivity contribution is 6.02. The first kappa shape index (κ1) is 11.9. The minimum Gasteiger partial charge on any atom is -0.305 e. The Morgan fingerprint density at radius 1 is 1.27 bits per heavy atom. The van der Waals surface area contributed by atoms with E-state index in [2.05, 4.69) is 5.32 Å². The van der Waals surface area contributed by atoms with Crippen LogP contribution in [-0.4, -0.2) is 17.9 Å². The van der Waals surface area contributed by atoms with E-state index in [0.29, 0.717) is 0 Å². The molecule has 2 heteroatoms. The summed E-state index contributed by atoms with van der Waals surface area (Å²) >= 11 is 0. The van der Waals surface area contributed by atoms with E-state index < -0.39 is 5.54 Å². The highest BCUT2D eigenvalue weighted by Crippen LogP contribution is 2.13. The fraction of sp³-hybridized carbons (Fsp3) is 0.462. The number of ketones is 1. The smallest absolute Gasteiger partial charge is 0.182 e. The largest absolute Gasteiger partial charge is 0.305 e. The number of hydrogen-bond acceptors (Lipinski definition) is 2. The molecule has 0 spiro atoms. The Hall–Kier alpha value is -1.15. The summed E-state index contributed by atoms with van der Waals surface area (Å²) in [7, 11) is 0. The van der Waals surface area contributed by atoms with Gasteiger partial charge in [-0.15, -0.1) is 0 Å². The Bertz CT molecular complexity index is 338. The molecule has 1 aromatic rings. The number of aryl methyl sites for hydroxylation is 1. The summed E-state index contributed by atoms with van der Waals surface area (Å²) in [4.78, 5) is 12.1. The number of benzene rings is 1. The molecule has 0 bridgehead atoms. The van der Waals surface area contributed by atoms with Gasteiger partial charge in [0, 0.05) is 5.56 Å². The summed E-state index contributed by atoms with van der Waals surface area (Å²) in [5.74, 6) is 0.143. The molecule has 1 N–H and O–H groups in total. The number of carbonyl (C=O) groups excluding carboxylic acids is 1. The van der Waals surface area contributed by atoms with Crippen LogP contribution in [0.5, 0.6) is 0 Å². The highest BCUT2D eigenvalue weighted by Gasteiger charge is 2.26. The Kier molecular flexibility index (Phi) is 3.64. The van der Waals surface area contributed by atoms with Crippen molar-refractivity contribution in [3.05, 3.63) is 35.4 Å². The third-order valence-corrected chi connectivity index (χ3v) is 2.50. The summed E-state index contributed by atoms with van der Waals surface area (Å²) in [5.41, 5.74) is 1.46. The molecule has 15 heavy (non-hydrogen) atoms. The molecule has 0 fully saturated rings. The standard InChI is InChI=1S/C13H19NO/c1-5-14-13(3,4)12(15)11-8-6-10(2)7-9-11/h6-9,14H,5H2,1-4H3. The van der Waals surface area contributed by atoms with Crippen molar-refractivity contribution in [1.29, 1.82) is 0 Å². The maximum absolute atomic E-state index is 12.1. The van der Waals surface area contributed by atoms with Crippen molar-refractivity contribution < 1.29 is 4.79 Å². The number of carbonyl (C=O) groups is 1. The second-order valence-electron chi connectivity index (χ2n) is 4.35. The van der Waals surface area contributed by atoms with Crippen LogP contribution in [0.3, 0.4) is 0 Å². The van der Waals surface area contributed by atoms with E-state index in [-0.39, 0.29) is 5.78 Å². The van der Waals surface area contributed by atoms with E-state index in [4.69, 9.17) is 0 Å². The molecule has 0 unspecified atom stereocenters. The molecule has 2 nitrogen and oxygen atoms in total. The summed E-state index contributed by atoms with van der Waals surface area (Å²) in [6.07, 6.45) is 0. The SMILES string of the molecule is CCNC(C)(C)C(=O)c1ccc(C)cc1. The molecule has 0 saturated carbocycles. The Labute approximate surface area is 91.7 Å². The van der Waals surface area contributed by atoms with Crippen LogP contribution in [0.15, 0.2) is 24.3 Å². The molecular weight excluding hydrogens is 186 g/mol. The van der Waals surface area contributed by atoms with E-state index in [9.17, 15) is 4.79 Å². The summed E-state index contributed by atoms with van der Waals surface area (Å²) in [5, 5.41) is 3.19. The van der Waals surface area contributed by atoms with Gasteiger partial charge in [0.2, 0.25) is 0 Å². The van der Waals surface area contributed by atoms with Crippen molar-refractivity contribution in [1.82, 2.24) is 5.32 Å². The van der Waals surface area contributed by atoms with Crippen LogP contribution in [-0.2, 0) is 0 Å². The van der Waals surface area contributed by atoms with Gasteiger partial charge in [0.15, 0.2) is 5.78 Å². The monoisotopic (exact) mass is 205 g/mol. The summed E-state index contributed by atoms with van der Waals surface area (Å²) < 4.78 is 0. The molecule has 0 aliphatic carbocycles. The van der Waals surface area contributed by atoms with Crippen LogP contribution >= 0.6 is 0 Å². The van der Waals surface area contributed by atoms with Crippen LogP contribution in [0.25, 0.3) is 0 Å². The van der Waals surface area contributed by atoms with Gasteiger partial charge in [-0.05, 0) is 27.3 Å². The average molecular weight is 205 g/mol. The molecule has 0 amide bonds. The van der Waals surface area contributed by atoms with Gasteiger partial charge in [0.1, 0.15) is 0 Å². The predicted molar refractivity (Wildman–Crippen MR) is 63.3 cm³/mol. The molecule has 0 aliphatic heterocycles. The zero-order valence-electron chi connectivity index (χ0n) is 9.92. The molecule has 1 rings (SSSR count). The van der Waals surface area contributed by atoms with Crippen molar-refractivity contribution in [3.8, 4) is 0 Å². The van der Waals surface area contributed by atoms with Gasteiger partial charge in [0.05, 0.1) is 5.54 Å². The predicted octanol–water partition coefficient (Wildman–Crippen LogP) is 2.57. The molecule has 0 aliphatic rings. The van der Waals surface area contributed by atoms with Gasteiger partial charge in [0.25, 0.3) is 0 Å². The highest BCUT2D eigenvalue weighted by atomic mass is 16.1.